The molecule has 1 aliphatic carbocycles. The van der Waals surface area contributed by atoms with Crippen molar-refractivity contribution in [1.29, 1.82) is 0 Å². The van der Waals surface area contributed by atoms with Gasteiger partial charge in [-0.1, -0.05) is 54.6 Å². The Morgan fingerprint density at radius 2 is 1.51 bits per heavy atom. The first-order chi connectivity index (χ1) is 17.1. The molecule has 1 aromatic heterocycles. The number of ether oxygens (including phenoxy) is 1. The summed E-state index contributed by atoms with van der Waals surface area (Å²) in [5.74, 6) is -1.01. The van der Waals surface area contributed by atoms with Crippen LogP contribution >= 0.6 is 0 Å². The zero-order valence-corrected chi connectivity index (χ0v) is 19.4. The summed E-state index contributed by atoms with van der Waals surface area (Å²) in [4.78, 5) is 32.0. The number of hydrogen-bond acceptors (Lipinski definition) is 4. The number of carbonyl (C=O) groups excluding carboxylic acids is 2. The third-order valence-corrected chi connectivity index (χ3v) is 7.86. The molecule has 3 aliphatic rings. The molecule has 1 amide bonds. The highest BCUT2D eigenvalue weighted by molar-refractivity contribution is 5.96. The van der Waals surface area contributed by atoms with Crippen molar-refractivity contribution in [3.63, 3.8) is 0 Å². The molecule has 35 heavy (non-hydrogen) atoms. The Morgan fingerprint density at radius 1 is 0.886 bits per heavy atom. The van der Waals surface area contributed by atoms with Gasteiger partial charge in [-0.05, 0) is 66.5 Å². The minimum Gasteiger partial charge on any atom is -0.448 e. The molecule has 2 aliphatic heterocycles. The molecule has 2 aromatic carbocycles. The fraction of sp³-hybridized carbons (Fsp3) is 0.345. The summed E-state index contributed by atoms with van der Waals surface area (Å²) in [6, 6.07) is 20.8. The van der Waals surface area contributed by atoms with Crippen LogP contribution in [-0.4, -0.2) is 40.5 Å². The van der Waals surface area contributed by atoms with E-state index in [2.05, 4.69) is 29.2 Å². The van der Waals surface area contributed by atoms with Gasteiger partial charge in [0.25, 0.3) is 0 Å². The Morgan fingerprint density at radius 3 is 2.14 bits per heavy atom. The summed E-state index contributed by atoms with van der Waals surface area (Å²) >= 11 is 0. The predicted molar refractivity (Wildman–Crippen MR) is 130 cm³/mol. The van der Waals surface area contributed by atoms with Crippen LogP contribution in [0.1, 0.15) is 59.6 Å². The van der Waals surface area contributed by atoms with Crippen molar-refractivity contribution in [2.45, 2.75) is 50.1 Å². The van der Waals surface area contributed by atoms with E-state index in [0.29, 0.717) is 19.4 Å². The van der Waals surface area contributed by atoms with Crippen molar-refractivity contribution in [3.05, 3.63) is 89.5 Å². The number of benzene rings is 2. The second-order valence-electron chi connectivity index (χ2n) is 9.83. The van der Waals surface area contributed by atoms with Crippen LogP contribution in [-0.2, 0) is 4.74 Å². The number of pyridine rings is 1. The van der Waals surface area contributed by atoms with Crippen LogP contribution < -0.4 is 0 Å². The lowest BCUT2D eigenvalue weighted by atomic mass is 9.76. The van der Waals surface area contributed by atoms with Crippen molar-refractivity contribution >= 4 is 11.9 Å². The highest BCUT2D eigenvalue weighted by Crippen LogP contribution is 2.45. The molecule has 2 saturated heterocycles. The van der Waals surface area contributed by atoms with Crippen LogP contribution in [0.5, 0.6) is 0 Å². The van der Waals surface area contributed by atoms with E-state index in [-0.39, 0.29) is 41.5 Å². The number of rotatable bonds is 4. The van der Waals surface area contributed by atoms with E-state index in [0.717, 1.165) is 19.3 Å². The number of nitrogens with zero attached hydrogens (tertiary/aromatic N) is 2. The van der Waals surface area contributed by atoms with Gasteiger partial charge in [0.1, 0.15) is 12.3 Å². The third-order valence-electron chi connectivity index (χ3n) is 7.86. The summed E-state index contributed by atoms with van der Waals surface area (Å²) in [5, 5.41) is 0. The predicted octanol–water partition coefficient (Wildman–Crippen LogP) is 5.99. The van der Waals surface area contributed by atoms with E-state index in [1.54, 1.807) is 6.07 Å². The molecule has 3 heterocycles. The zero-order valence-electron chi connectivity index (χ0n) is 19.4. The van der Waals surface area contributed by atoms with Crippen molar-refractivity contribution in [1.82, 2.24) is 9.88 Å². The van der Waals surface area contributed by atoms with E-state index in [4.69, 9.17) is 4.74 Å². The van der Waals surface area contributed by atoms with E-state index in [9.17, 15) is 14.0 Å². The maximum absolute atomic E-state index is 13.6. The van der Waals surface area contributed by atoms with Gasteiger partial charge in [-0.3, -0.25) is 4.79 Å². The number of piperidine rings is 2. The number of hydrogen-bond donors (Lipinski definition) is 0. The van der Waals surface area contributed by atoms with Crippen LogP contribution in [0.3, 0.4) is 0 Å². The molecule has 2 unspecified atom stereocenters. The average molecular weight is 471 g/mol. The molecule has 0 N–H and O–H groups in total. The fourth-order valence-electron chi connectivity index (χ4n) is 6.32. The first-order valence-corrected chi connectivity index (χ1v) is 12.4. The number of Topliss-reactive ketones (excluding diaryl/α,β-unsaturated/α-hetero) is 1. The SMILES string of the molecule is O=C(c1cccc(F)n1)C1CC2CCCC(C1)N2C(=O)OCC1c2ccccc2-c2ccccc21. The third kappa shape index (κ3) is 3.91. The first-order valence-electron chi connectivity index (χ1n) is 12.4. The molecular weight excluding hydrogens is 443 g/mol. The van der Waals surface area contributed by atoms with Crippen LogP contribution in [0, 0.1) is 11.9 Å². The van der Waals surface area contributed by atoms with E-state index in [1.807, 2.05) is 29.2 Å². The number of halogens is 1. The molecular formula is C29H27FN2O3. The minimum atomic E-state index is -0.646. The Bertz CT molecular complexity index is 1230. The van der Waals surface area contributed by atoms with Crippen LogP contribution in [0.25, 0.3) is 11.1 Å². The van der Waals surface area contributed by atoms with Crippen LogP contribution in [0.15, 0.2) is 66.7 Å². The Labute approximate surface area is 203 Å². The number of amides is 1. The van der Waals surface area contributed by atoms with Gasteiger partial charge >= 0.3 is 6.09 Å². The molecule has 0 saturated carbocycles. The van der Waals surface area contributed by atoms with Gasteiger partial charge < -0.3 is 9.64 Å². The molecule has 0 spiro atoms. The van der Waals surface area contributed by atoms with Gasteiger partial charge in [-0.25, -0.2) is 9.78 Å². The second-order valence-corrected chi connectivity index (χ2v) is 9.83. The highest BCUT2D eigenvalue weighted by Gasteiger charge is 2.44. The lowest BCUT2D eigenvalue weighted by Crippen LogP contribution is -2.56. The van der Waals surface area contributed by atoms with Gasteiger partial charge in [0.05, 0.1) is 0 Å². The number of ketones is 1. The maximum Gasteiger partial charge on any atom is 0.410 e. The molecule has 2 bridgehead atoms. The van der Waals surface area contributed by atoms with Crippen molar-refractivity contribution in [2.75, 3.05) is 6.61 Å². The smallest absolute Gasteiger partial charge is 0.410 e. The number of fused-ring (bicyclic) bond motifs is 5. The van der Waals surface area contributed by atoms with Gasteiger partial charge in [0, 0.05) is 23.9 Å². The molecule has 178 valence electrons. The summed E-state index contributed by atoms with van der Waals surface area (Å²) in [7, 11) is 0. The van der Waals surface area contributed by atoms with Gasteiger partial charge in [0.15, 0.2) is 5.78 Å². The normalized spacial score (nSPS) is 22.9. The van der Waals surface area contributed by atoms with E-state index in [1.165, 1.54) is 34.4 Å². The fourth-order valence-corrected chi connectivity index (χ4v) is 6.32. The largest absolute Gasteiger partial charge is 0.448 e. The van der Waals surface area contributed by atoms with Crippen LogP contribution in [0.2, 0.25) is 0 Å². The van der Waals surface area contributed by atoms with Gasteiger partial charge in [-0.15, -0.1) is 0 Å². The first kappa shape index (κ1) is 22.0. The van der Waals surface area contributed by atoms with Gasteiger partial charge in [0.2, 0.25) is 5.95 Å². The van der Waals surface area contributed by atoms with Crippen molar-refractivity contribution < 1.29 is 18.7 Å². The average Bonchev–Trinajstić information content (AvgIpc) is 3.20. The summed E-state index contributed by atoms with van der Waals surface area (Å²) in [6.45, 7) is 0.290. The zero-order chi connectivity index (χ0) is 23.9. The Balaban J connectivity index is 1.17. The van der Waals surface area contributed by atoms with Crippen LogP contribution in [0.4, 0.5) is 9.18 Å². The number of aromatic nitrogens is 1. The van der Waals surface area contributed by atoms with Gasteiger partial charge in [-0.2, -0.15) is 4.39 Å². The maximum atomic E-state index is 13.6. The molecule has 2 fully saturated rings. The Hall–Kier alpha value is -3.54. The molecule has 3 aromatic rings. The Kier molecular flexibility index (Phi) is 5.59. The van der Waals surface area contributed by atoms with E-state index < -0.39 is 5.95 Å². The monoisotopic (exact) mass is 470 g/mol. The second kappa shape index (κ2) is 8.91. The molecule has 5 nitrogen and oxygen atoms in total. The molecule has 6 heteroatoms. The highest BCUT2D eigenvalue weighted by atomic mass is 19.1. The van der Waals surface area contributed by atoms with E-state index >= 15 is 0 Å². The topological polar surface area (TPSA) is 59.5 Å². The molecule has 0 radical (unpaired) electrons. The van der Waals surface area contributed by atoms with Crippen molar-refractivity contribution in [2.24, 2.45) is 5.92 Å². The lowest BCUT2D eigenvalue weighted by Gasteiger charge is -2.47. The summed E-state index contributed by atoms with van der Waals surface area (Å²) < 4.78 is 19.5. The number of carbonyl (C=O) groups is 2. The summed E-state index contributed by atoms with van der Waals surface area (Å²) in [6.07, 6.45) is 3.57. The molecule has 2 atom stereocenters. The lowest BCUT2D eigenvalue weighted by molar-refractivity contribution is 0.00640. The van der Waals surface area contributed by atoms with Crippen molar-refractivity contribution in [3.8, 4) is 11.1 Å². The quantitative estimate of drug-likeness (QED) is 0.347. The molecule has 6 rings (SSSR count). The summed E-state index contributed by atoms with van der Waals surface area (Å²) in [5.41, 5.74) is 4.95. The standard InChI is InChI=1S/C29H27FN2O3/c30-27-14-6-13-26(31-27)28(33)18-15-19-7-5-8-20(16-18)32(19)29(34)35-17-25-23-11-3-1-9-21(23)22-10-2-4-12-24(22)25/h1-4,6,9-14,18-20,25H,5,7-8,15-17H2. The minimum absolute atomic E-state index is 0.0179.